The molecule has 0 spiro atoms. The van der Waals surface area contributed by atoms with E-state index in [9.17, 15) is 9.59 Å². The van der Waals surface area contributed by atoms with Crippen molar-refractivity contribution in [2.75, 3.05) is 48.0 Å². The lowest BCUT2D eigenvalue weighted by molar-refractivity contribution is 0.101. The molecule has 0 N–H and O–H groups in total. The minimum absolute atomic E-state index is 0.0424. The van der Waals surface area contributed by atoms with Crippen LogP contribution in [0.1, 0.15) is 27.6 Å². The Morgan fingerprint density at radius 3 is 1.19 bits per heavy atom. The Morgan fingerprint density at radius 1 is 0.645 bits per heavy atom. The molecule has 9 heteroatoms. The quantitative estimate of drug-likeness (QED) is 0.375. The molecule has 0 fully saturated rings. The predicted octanol–water partition coefficient (Wildman–Crippen LogP) is 4.21. The van der Waals surface area contributed by atoms with Gasteiger partial charge in [0.1, 0.15) is 0 Å². The Morgan fingerprint density at radius 2 is 0.968 bits per heavy atom. The van der Waals surface area contributed by atoms with Crippen LogP contribution in [-0.4, -0.2) is 59.6 Å². The zero-order chi connectivity index (χ0) is 23.6. The maximum atomic E-state index is 11.6. The van der Waals surface area contributed by atoms with Crippen molar-refractivity contribution in [2.45, 2.75) is 6.92 Å². The van der Waals surface area contributed by atoms with Gasteiger partial charge in [-0.05, 0) is 31.2 Å². The van der Waals surface area contributed by atoms with Gasteiger partial charge in [0.2, 0.25) is 11.5 Å². The third kappa shape index (κ3) is 6.52. The summed E-state index contributed by atoms with van der Waals surface area (Å²) in [5.41, 5.74) is 1.05. The van der Waals surface area contributed by atoms with E-state index in [0.717, 1.165) is 0 Å². The average molecular weight is 499 g/mol. The van der Waals surface area contributed by atoms with Crippen molar-refractivity contribution >= 4 is 27.5 Å². The lowest BCUT2D eigenvalue weighted by Gasteiger charge is -2.13. The molecule has 0 aliphatic carbocycles. The highest BCUT2D eigenvalue weighted by Gasteiger charge is 2.16. The summed E-state index contributed by atoms with van der Waals surface area (Å²) in [6.45, 7) is 1.49. The second kappa shape index (κ2) is 12.7. The number of carbonyl (C=O) groups excluding carboxylic acids is 2. The van der Waals surface area contributed by atoms with Crippen LogP contribution >= 0.6 is 15.9 Å². The number of ketones is 2. The van der Waals surface area contributed by atoms with E-state index in [1.54, 1.807) is 24.3 Å². The van der Waals surface area contributed by atoms with Crippen LogP contribution in [0.5, 0.6) is 34.5 Å². The van der Waals surface area contributed by atoms with Crippen molar-refractivity contribution in [3.63, 3.8) is 0 Å². The molecule has 170 valence electrons. The molecule has 0 aliphatic rings. The molecular formula is C22H27BrO8. The Bertz CT molecular complexity index is 860. The van der Waals surface area contributed by atoms with Crippen molar-refractivity contribution in [2.24, 2.45) is 0 Å². The maximum Gasteiger partial charge on any atom is 0.203 e. The molecule has 0 unspecified atom stereocenters. The molecule has 2 aromatic rings. The largest absolute Gasteiger partial charge is 0.493 e. The molecule has 31 heavy (non-hydrogen) atoms. The fourth-order valence-corrected chi connectivity index (χ4v) is 2.93. The molecule has 0 radical (unpaired) electrons. The third-order valence-corrected chi connectivity index (χ3v) is 4.69. The van der Waals surface area contributed by atoms with Gasteiger partial charge in [-0.25, -0.2) is 0 Å². The summed E-state index contributed by atoms with van der Waals surface area (Å²) < 4.78 is 30.8. The molecule has 0 atom stereocenters. The van der Waals surface area contributed by atoms with Crippen molar-refractivity contribution in [3.8, 4) is 34.5 Å². The smallest absolute Gasteiger partial charge is 0.203 e. The third-order valence-electron chi connectivity index (χ3n) is 4.18. The van der Waals surface area contributed by atoms with Gasteiger partial charge in [-0.3, -0.25) is 9.59 Å². The summed E-state index contributed by atoms with van der Waals surface area (Å²) in [5.74, 6) is 2.82. The van der Waals surface area contributed by atoms with Gasteiger partial charge in [0.15, 0.2) is 34.6 Å². The van der Waals surface area contributed by atoms with E-state index in [4.69, 9.17) is 28.4 Å². The Balaban J connectivity index is 0.000000311. The van der Waals surface area contributed by atoms with Crippen LogP contribution in [0.2, 0.25) is 0 Å². The number of ether oxygens (including phenoxy) is 6. The van der Waals surface area contributed by atoms with E-state index in [2.05, 4.69) is 15.9 Å². The SMILES string of the molecule is COc1cc(C(=O)CBr)cc(OC)c1OC.COc1cc(C(C)=O)cc(OC)c1OC. The first kappa shape index (κ1) is 26.1. The van der Waals surface area contributed by atoms with E-state index in [0.29, 0.717) is 45.6 Å². The molecular weight excluding hydrogens is 472 g/mol. The van der Waals surface area contributed by atoms with E-state index in [1.807, 2.05) is 0 Å². The average Bonchev–Trinajstić information content (AvgIpc) is 2.81. The standard InChI is InChI=1S/C11H13BrO4.C11H14O4/c1-14-9-4-7(8(13)6-12)5-10(15-2)11(9)16-3;1-7(12)8-5-9(13-2)11(15-4)10(6-8)14-3/h4-5H,6H2,1-3H3;5-6H,1-4H3. The number of benzene rings is 2. The molecule has 0 aromatic heterocycles. The van der Waals surface area contributed by atoms with Crippen LogP contribution in [0.3, 0.4) is 0 Å². The molecule has 0 amide bonds. The minimum Gasteiger partial charge on any atom is -0.493 e. The van der Waals surface area contributed by atoms with E-state index in [-0.39, 0.29) is 16.9 Å². The highest BCUT2D eigenvalue weighted by Crippen LogP contribution is 2.39. The van der Waals surface area contributed by atoms with Crippen molar-refractivity contribution in [1.82, 2.24) is 0 Å². The second-order valence-electron chi connectivity index (χ2n) is 5.94. The van der Waals surface area contributed by atoms with Crippen LogP contribution in [0.15, 0.2) is 24.3 Å². The van der Waals surface area contributed by atoms with Gasteiger partial charge in [0.05, 0.1) is 48.0 Å². The van der Waals surface area contributed by atoms with Crippen molar-refractivity contribution in [3.05, 3.63) is 35.4 Å². The fourth-order valence-electron chi connectivity index (χ4n) is 2.60. The van der Waals surface area contributed by atoms with Gasteiger partial charge in [-0.15, -0.1) is 0 Å². The number of carbonyl (C=O) groups is 2. The maximum absolute atomic E-state index is 11.6. The first-order chi connectivity index (χ1) is 14.8. The van der Waals surface area contributed by atoms with Crippen molar-refractivity contribution in [1.29, 1.82) is 0 Å². The number of alkyl halides is 1. The van der Waals surface area contributed by atoms with Gasteiger partial charge < -0.3 is 28.4 Å². The molecule has 2 rings (SSSR count). The van der Waals surface area contributed by atoms with Gasteiger partial charge >= 0.3 is 0 Å². The molecule has 0 saturated heterocycles. The zero-order valence-electron chi connectivity index (χ0n) is 18.7. The summed E-state index contributed by atoms with van der Waals surface area (Å²) in [5, 5.41) is 0.256. The molecule has 0 aliphatic heterocycles. The number of Topliss-reactive ketones (excluding diaryl/α,β-unsaturated/α-hetero) is 2. The summed E-state index contributed by atoms with van der Waals surface area (Å²) in [6, 6.07) is 6.52. The lowest BCUT2D eigenvalue weighted by atomic mass is 10.1. The van der Waals surface area contributed by atoms with Gasteiger partial charge in [-0.1, -0.05) is 15.9 Å². The fraction of sp³-hybridized carbons (Fsp3) is 0.364. The van der Waals surface area contributed by atoms with Crippen LogP contribution in [0.25, 0.3) is 0 Å². The minimum atomic E-state index is -0.0470. The summed E-state index contributed by atoms with van der Waals surface area (Å²) in [4.78, 5) is 22.8. The van der Waals surface area contributed by atoms with Crippen LogP contribution < -0.4 is 28.4 Å². The summed E-state index contributed by atoms with van der Waals surface area (Å²) in [6.07, 6.45) is 0. The molecule has 2 aromatic carbocycles. The predicted molar refractivity (Wildman–Crippen MR) is 120 cm³/mol. The first-order valence-corrected chi connectivity index (χ1v) is 10.1. The molecule has 0 heterocycles. The number of hydrogen-bond acceptors (Lipinski definition) is 8. The topological polar surface area (TPSA) is 89.5 Å². The van der Waals surface area contributed by atoms with Crippen LogP contribution in [0, 0.1) is 0 Å². The summed E-state index contributed by atoms with van der Waals surface area (Å²) >= 11 is 3.12. The number of methoxy groups -OCH3 is 6. The van der Waals surface area contributed by atoms with E-state index in [1.165, 1.54) is 49.6 Å². The molecule has 8 nitrogen and oxygen atoms in total. The Hall–Kier alpha value is -2.94. The lowest BCUT2D eigenvalue weighted by Crippen LogP contribution is -2.03. The normalized spacial score (nSPS) is 9.68. The second-order valence-corrected chi connectivity index (χ2v) is 6.50. The number of halogens is 1. The highest BCUT2D eigenvalue weighted by molar-refractivity contribution is 9.09. The van der Waals surface area contributed by atoms with Crippen LogP contribution in [0.4, 0.5) is 0 Å². The number of rotatable bonds is 9. The Labute approximate surface area is 190 Å². The van der Waals surface area contributed by atoms with E-state index >= 15 is 0 Å². The van der Waals surface area contributed by atoms with Crippen molar-refractivity contribution < 1.29 is 38.0 Å². The van der Waals surface area contributed by atoms with E-state index < -0.39 is 0 Å². The van der Waals surface area contributed by atoms with Gasteiger partial charge in [0, 0.05) is 11.1 Å². The zero-order valence-corrected chi connectivity index (χ0v) is 20.2. The first-order valence-electron chi connectivity index (χ1n) is 9.01. The highest BCUT2D eigenvalue weighted by atomic mass is 79.9. The molecule has 0 bridgehead atoms. The van der Waals surface area contributed by atoms with Gasteiger partial charge in [-0.2, -0.15) is 0 Å². The van der Waals surface area contributed by atoms with Crippen LogP contribution in [-0.2, 0) is 0 Å². The summed E-state index contributed by atoms with van der Waals surface area (Å²) in [7, 11) is 9.10. The van der Waals surface area contributed by atoms with Gasteiger partial charge in [0.25, 0.3) is 0 Å². The Kier molecular flexibility index (Phi) is 10.7. The molecule has 0 saturated carbocycles. The number of hydrogen-bond donors (Lipinski definition) is 0. The monoisotopic (exact) mass is 498 g/mol.